The molecule has 1 aromatic heterocycles. The van der Waals surface area contributed by atoms with Crippen LogP contribution in [0.2, 0.25) is 0 Å². The molecule has 1 aliphatic rings. The van der Waals surface area contributed by atoms with Crippen molar-refractivity contribution in [1.82, 2.24) is 15.2 Å². The number of hydrogen-bond acceptors (Lipinski definition) is 4. The summed E-state index contributed by atoms with van der Waals surface area (Å²) in [5.74, 6) is -0.403. The van der Waals surface area contributed by atoms with Gasteiger partial charge in [-0.15, -0.1) is 0 Å². The van der Waals surface area contributed by atoms with Gasteiger partial charge < -0.3 is 15.0 Å². The number of likely N-dealkylation sites (tertiary alicyclic amines) is 1. The van der Waals surface area contributed by atoms with Gasteiger partial charge in [0.1, 0.15) is 23.5 Å². The van der Waals surface area contributed by atoms with Crippen LogP contribution in [0.1, 0.15) is 67.3 Å². The molecule has 0 radical (unpaired) electrons. The van der Waals surface area contributed by atoms with Gasteiger partial charge in [0.15, 0.2) is 0 Å². The fourth-order valence-electron chi connectivity index (χ4n) is 4.23. The number of carbonyl (C=O) groups is 1. The minimum absolute atomic E-state index is 0.209. The first-order valence-corrected chi connectivity index (χ1v) is 13.2. The van der Waals surface area contributed by atoms with E-state index in [9.17, 15) is 13.6 Å². The first kappa shape index (κ1) is 28.3. The van der Waals surface area contributed by atoms with Crippen molar-refractivity contribution in [2.45, 2.75) is 52.1 Å². The highest BCUT2D eigenvalue weighted by molar-refractivity contribution is 5.93. The zero-order valence-corrected chi connectivity index (χ0v) is 21.8. The van der Waals surface area contributed by atoms with Gasteiger partial charge >= 0.3 is 0 Å². The van der Waals surface area contributed by atoms with Crippen LogP contribution in [0.3, 0.4) is 0 Å². The van der Waals surface area contributed by atoms with Gasteiger partial charge in [-0.3, -0.25) is 9.78 Å². The third kappa shape index (κ3) is 9.25. The van der Waals surface area contributed by atoms with Crippen LogP contribution in [0.4, 0.5) is 8.78 Å². The third-order valence-electron chi connectivity index (χ3n) is 6.25. The summed E-state index contributed by atoms with van der Waals surface area (Å²) in [7, 11) is 0. The number of hydrogen-bond donors (Lipinski definition) is 1. The van der Waals surface area contributed by atoms with Crippen molar-refractivity contribution in [3.8, 4) is 5.75 Å². The summed E-state index contributed by atoms with van der Waals surface area (Å²) in [5.41, 5.74) is 2.26. The van der Waals surface area contributed by atoms with Gasteiger partial charge in [0.25, 0.3) is 5.91 Å². The van der Waals surface area contributed by atoms with E-state index in [1.54, 1.807) is 36.5 Å². The Labute approximate surface area is 218 Å². The molecular formula is C30H37F2N3O2. The average molecular weight is 510 g/mol. The number of halogens is 2. The van der Waals surface area contributed by atoms with Crippen molar-refractivity contribution in [1.29, 1.82) is 0 Å². The number of amides is 1. The topological polar surface area (TPSA) is 54.5 Å². The predicted octanol–water partition coefficient (Wildman–Crippen LogP) is 6.35. The number of aromatic nitrogens is 1. The molecule has 0 saturated carbocycles. The number of nitrogens with one attached hydrogen (secondary N) is 1. The monoisotopic (exact) mass is 509 g/mol. The van der Waals surface area contributed by atoms with E-state index < -0.39 is 6.10 Å². The number of rotatable bonds is 10. The molecule has 1 amide bonds. The van der Waals surface area contributed by atoms with Crippen molar-refractivity contribution in [2.75, 3.05) is 26.2 Å². The second kappa shape index (κ2) is 15.1. The molecule has 3 aromatic rings. The largest absolute Gasteiger partial charge is 0.486 e. The Kier molecular flexibility index (Phi) is 11.5. The third-order valence-corrected chi connectivity index (χ3v) is 6.25. The van der Waals surface area contributed by atoms with E-state index in [-0.39, 0.29) is 17.5 Å². The van der Waals surface area contributed by atoms with Crippen molar-refractivity contribution >= 4 is 5.91 Å². The minimum atomic E-state index is -0.434. The standard InChI is InChI=1S/C28H31F2N3O2.C2H6/c29-23-7-4-21(5-8-23)27(35-26-12-9-24(30)10-13-26)14-16-31-28(34)22-6-11-25(32-20-22)15-19-33-17-2-1-3-18-33;1-2/h4-13,20,27H,1-3,14-19H2,(H,31,34);1-2H3. The molecule has 1 saturated heterocycles. The first-order valence-electron chi connectivity index (χ1n) is 13.2. The number of pyridine rings is 1. The van der Waals surface area contributed by atoms with Gasteiger partial charge in [-0.2, -0.15) is 0 Å². The number of ether oxygens (including phenoxy) is 1. The highest BCUT2D eigenvalue weighted by atomic mass is 19.1. The second-order valence-electron chi connectivity index (χ2n) is 8.85. The Balaban J connectivity index is 0.00000186. The van der Waals surface area contributed by atoms with Gasteiger partial charge in [-0.25, -0.2) is 8.78 Å². The quantitative estimate of drug-likeness (QED) is 0.346. The van der Waals surface area contributed by atoms with Crippen LogP contribution < -0.4 is 10.1 Å². The zero-order valence-electron chi connectivity index (χ0n) is 21.8. The SMILES string of the molecule is CC.O=C(NCCC(Oc1ccc(F)cc1)c1ccc(F)cc1)c1ccc(CCN2CCCCC2)nc1. The maximum Gasteiger partial charge on any atom is 0.252 e. The molecule has 37 heavy (non-hydrogen) atoms. The Hall–Kier alpha value is -3.32. The van der Waals surface area contributed by atoms with Crippen LogP contribution in [0, 0.1) is 11.6 Å². The van der Waals surface area contributed by atoms with E-state index in [1.165, 1.54) is 43.5 Å². The Morgan fingerprint density at radius 1 is 0.946 bits per heavy atom. The maximum atomic E-state index is 13.4. The van der Waals surface area contributed by atoms with Gasteiger partial charge in [0.2, 0.25) is 0 Å². The summed E-state index contributed by atoms with van der Waals surface area (Å²) in [6, 6.07) is 15.5. The fraction of sp³-hybridized carbons (Fsp3) is 0.400. The van der Waals surface area contributed by atoms with Gasteiger partial charge in [-0.05, 0) is 80.0 Å². The highest BCUT2D eigenvalue weighted by Gasteiger charge is 2.16. The van der Waals surface area contributed by atoms with Gasteiger partial charge in [0.05, 0.1) is 5.56 Å². The van der Waals surface area contributed by atoms with E-state index in [4.69, 9.17) is 4.74 Å². The summed E-state index contributed by atoms with van der Waals surface area (Å²) in [4.78, 5) is 19.6. The number of nitrogens with zero attached hydrogens (tertiary/aromatic N) is 2. The molecule has 7 heteroatoms. The van der Waals surface area contributed by atoms with Crippen LogP contribution >= 0.6 is 0 Å². The van der Waals surface area contributed by atoms with Gasteiger partial charge in [0, 0.05) is 37.8 Å². The van der Waals surface area contributed by atoms with E-state index in [0.717, 1.165) is 37.3 Å². The lowest BCUT2D eigenvalue weighted by Crippen LogP contribution is -2.31. The Morgan fingerprint density at radius 2 is 1.59 bits per heavy atom. The van der Waals surface area contributed by atoms with Crippen LogP contribution in [-0.2, 0) is 6.42 Å². The molecule has 198 valence electrons. The maximum absolute atomic E-state index is 13.4. The summed E-state index contributed by atoms with van der Waals surface area (Å²) in [6.45, 7) is 7.66. The molecule has 1 unspecified atom stereocenters. The van der Waals surface area contributed by atoms with Crippen molar-refractivity contribution in [2.24, 2.45) is 0 Å². The molecule has 1 atom stereocenters. The molecule has 2 aromatic carbocycles. The summed E-state index contributed by atoms with van der Waals surface area (Å²) in [5, 5.41) is 2.91. The number of benzene rings is 2. The predicted molar refractivity (Wildman–Crippen MR) is 143 cm³/mol. The molecule has 1 aliphatic heterocycles. The molecule has 5 nitrogen and oxygen atoms in total. The molecule has 0 spiro atoms. The minimum Gasteiger partial charge on any atom is -0.486 e. The van der Waals surface area contributed by atoms with Crippen LogP contribution in [0.5, 0.6) is 5.75 Å². The van der Waals surface area contributed by atoms with Gasteiger partial charge in [-0.1, -0.05) is 32.4 Å². The van der Waals surface area contributed by atoms with E-state index >= 15 is 0 Å². The average Bonchev–Trinajstić information content (AvgIpc) is 2.95. The lowest BCUT2D eigenvalue weighted by Gasteiger charge is -2.26. The summed E-state index contributed by atoms with van der Waals surface area (Å²) >= 11 is 0. The highest BCUT2D eigenvalue weighted by Crippen LogP contribution is 2.25. The van der Waals surface area contributed by atoms with Crippen molar-refractivity contribution in [3.63, 3.8) is 0 Å². The smallest absolute Gasteiger partial charge is 0.252 e. The molecule has 0 bridgehead atoms. The normalized spacial score (nSPS) is 14.3. The van der Waals surface area contributed by atoms with E-state index in [2.05, 4.69) is 15.2 Å². The van der Waals surface area contributed by atoms with Crippen LogP contribution in [-0.4, -0.2) is 42.0 Å². The molecule has 0 aliphatic carbocycles. The molecule has 1 N–H and O–H groups in total. The molecule has 2 heterocycles. The summed E-state index contributed by atoms with van der Waals surface area (Å²) in [6.07, 6.45) is 6.37. The zero-order chi connectivity index (χ0) is 26.5. The number of piperidine rings is 1. The Bertz CT molecular complexity index is 1070. The van der Waals surface area contributed by atoms with Crippen molar-refractivity contribution < 1.29 is 18.3 Å². The number of carbonyl (C=O) groups excluding carboxylic acids is 1. The lowest BCUT2D eigenvalue weighted by atomic mass is 10.1. The molecule has 4 rings (SSSR count). The van der Waals surface area contributed by atoms with Crippen LogP contribution in [0.15, 0.2) is 66.9 Å². The first-order chi connectivity index (χ1) is 18.1. The lowest BCUT2D eigenvalue weighted by molar-refractivity contribution is 0.0945. The Morgan fingerprint density at radius 3 is 2.22 bits per heavy atom. The van der Waals surface area contributed by atoms with E-state index in [1.807, 2.05) is 19.9 Å². The fourth-order valence-corrected chi connectivity index (χ4v) is 4.23. The molecule has 1 fully saturated rings. The second-order valence-corrected chi connectivity index (χ2v) is 8.85. The van der Waals surface area contributed by atoms with Crippen LogP contribution in [0.25, 0.3) is 0 Å². The molecular weight excluding hydrogens is 472 g/mol. The van der Waals surface area contributed by atoms with E-state index in [0.29, 0.717) is 24.3 Å². The van der Waals surface area contributed by atoms with Crippen molar-refractivity contribution in [3.05, 3.63) is 95.3 Å². The summed E-state index contributed by atoms with van der Waals surface area (Å²) < 4.78 is 32.7.